The van der Waals surface area contributed by atoms with Gasteiger partial charge in [0.2, 0.25) is 0 Å². The number of isothiocyanates is 3. The topological polar surface area (TPSA) is 66.5 Å². The molecule has 170 valence electrons. The van der Waals surface area contributed by atoms with Crippen molar-refractivity contribution in [3.63, 3.8) is 0 Å². The van der Waals surface area contributed by atoms with Gasteiger partial charge in [0, 0.05) is 0 Å². The Morgan fingerprint density at radius 3 is 2.23 bits per heavy atom. The number of fused-ring (bicyclic) bond motifs is 1. The molecule has 2 aliphatic carbocycles. The summed E-state index contributed by atoms with van der Waals surface area (Å²) in [7, 11) is 0. The van der Waals surface area contributed by atoms with E-state index in [0.29, 0.717) is 6.42 Å². The van der Waals surface area contributed by atoms with Gasteiger partial charge in [-0.2, -0.15) is 0 Å². The van der Waals surface area contributed by atoms with Crippen LogP contribution in [-0.2, 0) is 4.74 Å². The highest BCUT2D eigenvalue weighted by molar-refractivity contribution is 7.78. The van der Waals surface area contributed by atoms with E-state index in [1.165, 1.54) is 0 Å². The molecular formula is C23H33N3O2S3. The molecule has 0 amide bonds. The molecule has 0 aromatic carbocycles. The number of nitrogens with zero attached hydrogens (tertiary/aromatic N) is 3. The molecule has 8 heteroatoms. The predicted octanol–water partition coefficient (Wildman–Crippen LogP) is 5.33. The van der Waals surface area contributed by atoms with E-state index in [2.05, 4.69) is 44.3 Å². The van der Waals surface area contributed by atoms with Gasteiger partial charge in [0.25, 0.3) is 0 Å². The molecular weight excluding hydrogens is 446 g/mol. The molecule has 2 saturated carbocycles. The summed E-state index contributed by atoms with van der Waals surface area (Å²) in [4.78, 5) is 13.5. The van der Waals surface area contributed by atoms with Crippen molar-refractivity contribution in [2.24, 2.45) is 32.7 Å². The van der Waals surface area contributed by atoms with Gasteiger partial charge in [0.15, 0.2) is 0 Å². The van der Waals surface area contributed by atoms with Gasteiger partial charge in [-0.05, 0) is 128 Å². The number of rotatable bonds is 5. The first kappa shape index (κ1) is 25.0. The summed E-state index contributed by atoms with van der Waals surface area (Å²) in [5, 5.41) is 19.0. The Balaban J connectivity index is 2.03. The highest BCUT2D eigenvalue weighted by Gasteiger charge is 2.61. The first-order valence-corrected chi connectivity index (χ1v) is 12.3. The van der Waals surface area contributed by atoms with Gasteiger partial charge in [-0.25, -0.2) is 15.0 Å². The van der Waals surface area contributed by atoms with Crippen LogP contribution in [0.1, 0.15) is 73.1 Å². The molecule has 8 atom stereocenters. The van der Waals surface area contributed by atoms with E-state index >= 15 is 0 Å². The second kappa shape index (κ2) is 8.93. The molecule has 0 unspecified atom stereocenters. The van der Waals surface area contributed by atoms with Gasteiger partial charge < -0.3 is 9.84 Å². The summed E-state index contributed by atoms with van der Waals surface area (Å²) < 4.78 is 6.76. The molecule has 1 aliphatic heterocycles. The van der Waals surface area contributed by atoms with Crippen molar-refractivity contribution in [1.82, 2.24) is 0 Å². The molecule has 5 nitrogen and oxygen atoms in total. The molecule has 0 aromatic heterocycles. The molecule has 1 heterocycles. The Kier molecular flexibility index (Phi) is 7.19. The lowest BCUT2D eigenvalue weighted by atomic mass is 9.51. The maximum atomic E-state index is 11.3. The molecule has 3 rings (SSSR count). The van der Waals surface area contributed by atoms with E-state index in [0.717, 1.165) is 32.1 Å². The minimum absolute atomic E-state index is 0.0322. The Hall–Kier alpha value is -0.680. The standard InChI is InChI=1S/C23H33N3O2S3/c1-20(2,25-13-30)17-8-11-23(5,28-17)16-6-9-21(3,26-14-31)15-7-10-22(4,27)19(18(15)16)24-12-29/h15-19,27H,6-11H2,1-5H3/t15-,16-,17-,18-,19+,21-,22+,23+/m1/s1. The highest BCUT2D eigenvalue weighted by atomic mass is 32.1. The number of aliphatic hydroxyl groups is 1. The molecule has 3 fully saturated rings. The van der Waals surface area contributed by atoms with E-state index in [1.807, 2.05) is 20.8 Å². The van der Waals surface area contributed by atoms with Crippen LogP contribution in [0.4, 0.5) is 0 Å². The van der Waals surface area contributed by atoms with Crippen LogP contribution in [0, 0.1) is 17.8 Å². The van der Waals surface area contributed by atoms with Crippen LogP contribution in [0.15, 0.2) is 15.0 Å². The van der Waals surface area contributed by atoms with Crippen molar-refractivity contribution in [1.29, 1.82) is 0 Å². The molecule has 0 bridgehead atoms. The fourth-order valence-corrected chi connectivity index (χ4v) is 7.09. The zero-order chi connectivity index (χ0) is 23.1. The first-order chi connectivity index (χ1) is 14.4. The number of hydrogen-bond donors (Lipinski definition) is 1. The van der Waals surface area contributed by atoms with Crippen LogP contribution < -0.4 is 0 Å². The maximum Gasteiger partial charge on any atom is 0.0922 e. The third kappa shape index (κ3) is 4.55. The van der Waals surface area contributed by atoms with Crippen molar-refractivity contribution in [2.45, 2.75) is 108 Å². The molecule has 31 heavy (non-hydrogen) atoms. The Labute approximate surface area is 201 Å². The van der Waals surface area contributed by atoms with Crippen LogP contribution in [0.25, 0.3) is 0 Å². The van der Waals surface area contributed by atoms with E-state index in [9.17, 15) is 5.11 Å². The molecule has 3 aliphatic rings. The van der Waals surface area contributed by atoms with E-state index in [1.54, 1.807) is 0 Å². The molecule has 0 radical (unpaired) electrons. The lowest BCUT2D eigenvalue weighted by Gasteiger charge is -2.58. The van der Waals surface area contributed by atoms with Crippen LogP contribution in [-0.4, -0.2) is 55.0 Å². The second-order valence-electron chi connectivity index (χ2n) is 10.8. The average Bonchev–Trinajstić information content (AvgIpc) is 3.08. The Morgan fingerprint density at radius 1 is 0.935 bits per heavy atom. The smallest absolute Gasteiger partial charge is 0.0922 e. The minimum atomic E-state index is -0.944. The average molecular weight is 480 g/mol. The van der Waals surface area contributed by atoms with Crippen molar-refractivity contribution in [3.05, 3.63) is 0 Å². The van der Waals surface area contributed by atoms with Gasteiger partial charge >= 0.3 is 0 Å². The monoisotopic (exact) mass is 479 g/mol. The Morgan fingerprint density at radius 2 is 1.61 bits per heavy atom. The van der Waals surface area contributed by atoms with Gasteiger partial charge in [-0.15, -0.1) is 0 Å². The van der Waals surface area contributed by atoms with Crippen LogP contribution in [0.2, 0.25) is 0 Å². The van der Waals surface area contributed by atoms with E-state index < -0.39 is 11.1 Å². The second-order valence-corrected chi connectivity index (χ2v) is 11.3. The lowest BCUT2D eigenvalue weighted by molar-refractivity contribution is -0.156. The SMILES string of the molecule is CC(C)(N=C=S)[C@H]1CC[C@@](C)([C@@H]2CC[C@@](C)(N=C=S)[C@@H]3CC[C@](C)(O)[C@@H](N=C=S)[C@H]32)O1. The summed E-state index contributed by atoms with van der Waals surface area (Å²) >= 11 is 14.9. The Bertz CT molecular complexity index is 858. The quantitative estimate of drug-likeness (QED) is 0.427. The molecule has 1 N–H and O–H groups in total. The molecule has 0 aromatic rings. The normalized spacial score (nSPS) is 44.9. The largest absolute Gasteiger partial charge is 0.388 e. The third-order valence-electron chi connectivity index (χ3n) is 8.37. The number of aliphatic imine (C=N–C) groups is 3. The van der Waals surface area contributed by atoms with Crippen LogP contribution in [0.3, 0.4) is 0 Å². The first-order valence-electron chi connectivity index (χ1n) is 11.1. The van der Waals surface area contributed by atoms with Gasteiger partial charge in [-0.1, -0.05) is 0 Å². The fraction of sp³-hybridized carbons (Fsp3) is 0.870. The third-order valence-corrected chi connectivity index (χ3v) is 8.65. The maximum absolute atomic E-state index is 11.3. The van der Waals surface area contributed by atoms with E-state index in [4.69, 9.17) is 41.4 Å². The lowest BCUT2D eigenvalue weighted by Crippen LogP contribution is -2.62. The van der Waals surface area contributed by atoms with Crippen molar-refractivity contribution < 1.29 is 9.84 Å². The highest BCUT2D eigenvalue weighted by Crippen LogP contribution is 2.58. The van der Waals surface area contributed by atoms with Crippen LogP contribution in [0.5, 0.6) is 0 Å². The van der Waals surface area contributed by atoms with Gasteiger partial charge in [0.05, 0.1) is 49.9 Å². The summed E-state index contributed by atoms with van der Waals surface area (Å²) in [6.07, 6.45) is 5.12. The van der Waals surface area contributed by atoms with E-state index in [-0.39, 0.29) is 41.0 Å². The summed E-state index contributed by atoms with van der Waals surface area (Å²) in [5.41, 5.74) is -2.04. The van der Waals surface area contributed by atoms with Gasteiger partial charge in [-0.3, -0.25) is 0 Å². The van der Waals surface area contributed by atoms with Crippen molar-refractivity contribution >= 4 is 52.1 Å². The molecule has 1 saturated heterocycles. The van der Waals surface area contributed by atoms with Crippen LogP contribution >= 0.6 is 36.7 Å². The minimum Gasteiger partial charge on any atom is -0.388 e. The molecule has 0 spiro atoms. The number of hydrogen-bond acceptors (Lipinski definition) is 8. The number of ether oxygens (including phenoxy) is 1. The summed E-state index contributed by atoms with van der Waals surface area (Å²) in [5.74, 6) is 0.475. The van der Waals surface area contributed by atoms with Crippen molar-refractivity contribution in [2.75, 3.05) is 0 Å². The predicted molar refractivity (Wildman–Crippen MR) is 133 cm³/mol. The fourth-order valence-electron chi connectivity index (χ4n) is 6.53. The zero-order valence-electron chi connectivity index (χ0n) is 19.1. The van der Waals surface area contributed by atoms with Crippen molar-refractivity contribution in [3.8, 4) is 0 Å². The zero-order valence-corrected chi connectivity index (χ0v) is 21.5. The number of thiocarbonyl (C=S) groups is 3. The summed E-state index contributed by atoms with van der Waals surface area (Å²) in [6, 6.07) is -0.347. The van der Waals surface area contributed by atoms with Gasteiger partial charge in [0.1, 0.15) is 0 Å². The summed E-state index contributed by atoms with van der Waals surface area (Å²) in [6.45, 7) is 10.3.